The maximum Gasteiger partial charge on any atom is 0.256 e. The number of hydrogen-bond donors (Lipinski definition) is 2. The molecule has 1 atom stereocenters. The average molecular weight is 242 g/mol. The zero-order valence-electron chi connectivity index (χ0n) is 8.30. The monoisotopic (exact) mass is 242 g/mol. The summed E-state index contributed by atoms with van der Waals surface area (Å²) in [5.74, 6) is -1.89. The number of hydrogen-bond acceptors (Lipinski definition) is 2. The summed E-state index contributed by atoms with van der Waals surface area (Å²) < 4.78 is 26.1. The SMILES string of the molecule is CC1(c2cc(F)cc(F)c2)NC(=S)NC1=O. The van der Waals surface area contributed by atoms with Crippen molar-refractivity contribution in [2.45, 2.75) is 12.5 Å². The first-order valence-electron chi connectivity index (χ1n) is 4.52. The first-order chi connectivity index (χ1) is 7.41. The summed E-state index contributed by atoms with van der Waals surface area (Å²) in [4.78, 5) is 11.6. The molecule has 16 heavy (non-hydrogen) atoms. The van der Waals surface area contributed by atoms with Crippen molar-refractivity contribution in [3.05, 3.63) is 35.4 Å². The highest BCUT2D eigenvalue weighted by molar-refractivity contribution is 7.80. The molecule has 0 spiro atoms. The van der Waals surface area contributed by atoms with E-state index in [0.717, 1.165) is 18.2 Å². The van der Waals surface area contributed by atoms with Gasteiger partial charge in [-0.15, -0.1) is 0 Å². The third kappa shape index (κ3) is 1.65. The van der Waals surface area contributed by atoms with Crippen LogP contribution < -0.4 is 10.6 Å². The molecule has 1 unspecified atom stereocenters. The van der Waals surface area contributed by atoms with Crippen LogP contribution in [0.25, 0.3) is 0 Å². The molecule has 1 aliphatic rings. The summed E-state index contributed by atoms with van der Waals surface area (Å²) in [6.07, 6.45) is 0. The van der Waals surface area contributed by atoms with Crippen molar-refractivity contribution < 1.29 is 13.6 Å². The number of nitrogens with one attached hydrogen (secondary N) is 2. The van der Waals surface area contributed by atoms with Crippen molar-refractivity contribution in [3.63, 3.8) is 0 Å². The maximum absolute atomic E-state index is 13.0. The summed E-state index contributed by atoms with van der Waals surface area (Å²) >= 11 is 4.78. The summed E-state index contributed by atoms with van der Waals surface area (Å²) in [6, 6.07) is 2.95. The zero-order valence-corrected chi connectivity index (χ0v) is 9.12. The van der Waals surface area contributed by atoms with Crippen molar-refractivity contribution >= 4 is 23.2 Å². The minimum absolute atomic E-state index is 0.150. The Kier molecular flexibility index (Phi) is 2.38. The second-order valence-electron chi connectivity index (χ2n) is 3.69. The molecule has 1 heterocycles. The van der Waals surface area contributed by atoms with E-state index in [1.807, 2.05) is 0 Å². The predicted octanol–water partition coefficient (Wildman–Crippen LogP) is 1.18. The van der Waals surface area contributed by atoms with E-state index < -0.39 is 23.1 Å². The van der Waals surface area contributed by atoms with Gasteiger partial charge in [0.15, 0.2) is 5.11 Å². The van der Waals surface area contributed by atoms with Crippen LogP contribution in [-0.2, 0) is 10.3 Å². The van der Waals surface area contributed by atoms with Gasteiger partial charge in [-0.1, -0.05) is 0 Å². The number of benzene rings is 1. The Morgan fingerprint density at radius 2 is 1.81 bits per heavy atom. The standard InChI is InChI=1S/C10H8F2N2OS/c1-10(8(15)13-9(16)14-10)5-2-6(11)4-7(12)3-5/h2-4H,1H3,(H2,13,14,15,16). The highest BCUT2D eigenvalue weighted by Gasteiger charge is 2.42. The molecule has 2 rings (SSSR count). The molecule has 1 aromatic rings. The summed E-state index contributed by atoms with van der Waals surface area (Å²) in [6.45, 7) is 1.51. The van der Waals surface area contributed by atoms with Crippen molar-refractivity contribution in [3.8, 4) is 0 Å². The lowest BCUT2D eigenvalue weighted by molar-refractivity contribution is -0.123. The Labute approximate surface area is 95.8 Å². The Bertz CT molecular complexity index is 471. The fourth-order valence-corrected chi connectivity index (χ4v) is 1.89. The molecular formula is C10H8F2N2OS. The Morgan fingerprint density at radius 3 is 2.25 bits per heavy atom. The number of rotatable bonds is 1. The van der Waals surface area contributed by atoms with Crippen LogP contribution >= 0.6 is 12.2 Å². The Hall–Kier alpha value is -1.56. The predicted molar refractivity (Wildman–Crippen MR) is 57.6 cm³/mol. The quantitative estimate of drug-likeness (QED) is 0.727. The lowest BCUT2D eigenvalue weighted by Crippen LogP contribution is -2.40. The largest absolute Gasteiger partial charge is 0.345 e. The molecule has 1 aliphatic heterocycles. The molecule has 1 saturated heterocycles. The van der Waals surface area contributed by atoms with Crippen molar-refractivity contribution in [1.82, 2.24) is 10.6 Å². The van der Waals surface area contributed by atoms with Crippen LogP contribution in [0, 0.1) is 11.6 Å². The van der Waals surface area contributed by atoms with E-state index in [1.54, 1.807) is 0 Å². The van der Waals surface area contributed by atoms with Crippen LogP contribution in [-0.4, -0.2) is 11.0 Å². The maximum atomic E-state index is 13.0. The summed E-state index contributed by atoms with van der Waals surface area (Å²) in [5.41, 5.74) is -1.03. The lowest BCUT2D eigenvalue weighted by atomic mass is 9.92. The normalized spacial score (nSPS) is 24.2. The zero-order chi connectivity index (χ0) is 11.9. The Morgan fingerprint density at radius 1 is 1.25 bits per heavy atom. The van der Waals surface area contributed by atoms with E-state index in [1.165, 1.54) is 6.92 Å². The second-order valence-corrected chi connectivity index (χ2v) is 4.10. The molecule has 0 radical (unpaired) electrons. The van der Waals surface area contributed by atoms with Crippen molar-refractivity contribution in [1.29, 1.82) is 0 Å². The lowest BCUT2D eigenvalue weighted by Gasteiger charge is -2.21. The number of thiocarbonyl (C=S) groups is 1. The smallest absolute Gasteiger partial charge is 0.256 e. The molecule has 84 valence electrons. The van der Waals surface area contributed by atoms with Gasteiger partial charge in [0.2, 0.25) is 0 Å². The minimum atomic E-state index is -1.22. The molecule has 3 nitrogen and oxygen atoms in total. The van der Waals surface area contributed by atoms with E-state index in [0.29, 0.717) is 0 Å². The van der Waals surface area contributed by atoms with Crippen LogP contribution in [0.2, 0.25) is 0 Å². The highest BCUT2D eigenvalue weighted by Crippen LogP contribution is 2.25. The molecule has 1 aromatic carbocycles. The molecule has 2 N–H and O–H groups in total. The average Bonchev–Trinajstić information content (AvgIpc) is 2.40. The molecular weight excluding hydrogens is 234 g/mol. The van der Waals surface area contributed by atoms with Crippen LogP contribution in [0.3, 0.4) is 0 Å². The van der Waals surface area contributed by atoms with Gasteiger partial charge >= 0.3 is 0 Å². The van der Waals surface area contributed by atoms with Gasteiger partial charge in [-0.25, -0.2) is 8.78 Å². The van der Waals surface area contributed by atoms with E-state index in [2.05, 4.69) is 10.6 Å². The molecule has 1 fully saturated rings. The number of amides is 1. The van der Waals surface area contributed by atoms with E-state index in [9.17, 15) is 13.6 Å². The van der Waals surface area contributed by atoms with Gasteiger partial charge in [0.05, 0.1) is 0 Å². The molecule has 1 amide bonds. The summed E-state index contributed by atoms with van der Waals surface area (Å²) in [5, 5.41) is 5.22. The third-order valence-electron chi connectivity index (χ3n) is 2.48. The Balaban J connectivity index is 2.51. The number of carbonyl (C=O) groups is 1. The van der Waals surface area contributed by atoms with Crippen molar-refractivity contribution in [2.75, 3.05) is 0 Å². The van der Waals surface area contributed by atoms with Crippen LogP contribution in [0.1, 0.15) is 12.5 Å². The van der Waals surface area contributed by atoms with E-state index >= 15 is 0 Å². The highest BCUT2D eigenvalue weighted by atomic mass is 32.1. The van der Waals surface area contributed by atoms with Gasteiger partial charge in [0.1, 0.15) is 17.2 Å². The van der Waals surface area contributed by atoms with Gasteiger partial charge < -0.3 is 10.6 Å². The van der Waals surface area contributed by atoms with Gasteiger partial charge in [-0.05, 0) is 36.8 Å². The van der Waals surface area contributed by atoms with Crippen molar-refractivity contribution in [2.24, 2.45) is 0 Å². The second kappa shape index (κ2) is 3.48. The first-order valence-corrected chi connectivity index (χ1v) is 4.93. The van der Waals surface area contributed by atoms with Gasteiger partial charge in [-0.3, -0.25) is 4.79 Å². The van der Waals surface area contributed by atoms with Gasteiger partial charge in [0, 0.05) is 6.07 Å². The number of carbonyl (C=O) groups excluding carboxylic acids is 1. The summed E-state index contributed by atoms with van der Waals surface area (Å²) in [7, 11) is 0. The molecule has 0 aliphatic carbocycles. The minimum Gasteiger partial charge on any atom is -0.345 e. The fourth-order valence-electron chi connectivity index (χ4n) is 1.59. The fraction of sp³-hybridized carbons (Fsp3) is 0.200. The number of halogens is 2. The molecule has 0 aromatic heterocycles. The topological polar surface area (TPSA) is 41.1 Å². The van der Waals surface area contributed by atoms with Gasteiger partial charge in [-0.2, -0.15) is 0 Å². The first kappa shape index (κ1) is 10.9. The van der Waals surface area contributed by atoms with Gasteiger partial charge in [0.25, 0.3) is 5.91 Å². The van der Waals surface area contributed by atoms with E-state index in [-0.39, 0.29) is 10.7 Å². The molecule has 6 heteroatoms. The molecule has 0 bridgehead atoms. The van der Waals surface area contributed by atoms with Crippen LogP contribution in [0.15, 0.2) is 18.2 Å². The van der Waals surface area contributed by atoms with E-state index in [4.69, 9.17) is 12.2 Å². The van der Waals surface area contributed by atoms with Crippen LogP contribution in [0.5, 0.6) is 0 Å². The molecule has 0 saturated carbocycles. The van der Waals surface area contributed by atoms with Crippen LogP contribution in [0.4, 0.5) is 8.78 Å². The third-order valence-corrected chi connectivity index (χ3v) is 2.69.